The Morgan fingerprint density at radius 3 is 0.905 bits per heavy atom. The molecule has 1 N–H and O–H groups in total. The summed E-state index contributed by atoms with van der Waals surface area (Å²) in [4.78, 5) is 37.7. The van der Waals surface area contributed by atoms with Crippen LogP contribution in [0.3, 0.4) is 0 Å². The Bertz CT molecular complexity index is 2130. The van der Waals surface area contributed by atoms with Crippen molar-refractivity contribution in [3.63, 3.8) is 0 Å². The molecule has 0 bridgehead atoms. The van der Waals surface area contributed by atoms with Crippen LogP contribution >= 0.6 is 0 Å². The summed E-state index contributed by atoms with van der Waals surface area (Å²) in [6.07, 6.45) is 108. The van der Waals surface area contributed by atoms with Crippen molar-refractivity contribution in [2.45, 2.75) is 322 Å². The van der Waals surface area contributed by atoms with Gasteiger partial charge in [-0.15, -0.1) is 0 Å². The number of unbranched alkanes of at least 4 members (excludes halogenated alkanes) is 29. The largest absolute Gasteiger partial charge is 0.477 e. The Morgan fingerprint density at radius 1 is 0.326 bits per heavy atom. The molecule has 0 radical (unpaired) electrons. The highest BCUT2D eigenvalue weighted by molar-refractivity contribution is 5.71. The molecule has 0 amide bonds. The predicted molar refractivity (Wildman–Crippen MR) is 410 cm³/mol. The average Bonchev–Trinajstić information content (AvgIpc) is 3.75. The number of likely N-dealkylation sites (N-methyl/N-ethyl adjacent to an activating group) is 1. The zero-order chi connectivity index (χ0) is 69.0. The van der Waals surface area contributed by atoms with Crippen molar-refractivity contribution in [1.29, 1.82) is 0 Å². The fraction of sp³-hybridized carbons (Fsp3) is 0.663. The summed E-state index contributed by atoms with van der Waals surface area (Å²) in [5.41, 5.74) is 0. The lowest BCUT2D eigenvalue weighted by molar-refractivity contribution is -0.870. The second kappa shape index (κ2) is 74.7. The number of esters is 2. The van der Waals surface area contributed by atoms with Crippen molar-refractivity contribution in [2.24, 2.45) is 0 Å². The molecule has 0 aliphatic carbocycles. The Kier molecular flexibility index (Phi) is 70.7. The van der Waals surface area contributed by atoms with Crippen molar-refractivity contribution >= 4 is 17.9 Å². The van der Waals surface area contributed by atoms with Gasteiger partial charge in [-0.05, 0) is 128 Å². The summed E-state index contributed by atoms with van der Waals surface area (Å²) in [6, 6.07) is 0. The number of carbonyl (C=O) groups is 3. The minimum Gasteiger partial charge on any atom is -0.477 e. The molecular weight excluding hydrogens is 1170 g/mol. The normalized spacial score (nSPS) is 13.6. The van der Waals surface area contributed by atoms with Crippen LogP contribution in [0.4, 0.5) is 0 Å². The van der Waals surface area contributed by atoms with E-state index in [-0.39, 0.29) is 38.6 Å². The Hall–Kier alpha value is -5.09. The van der Waals surface area contributed by atoms with Gasteiger partial charge in [-0.2, -0.15) is 0 Å². The zero-order valence-corrected chi connectivity index (χ0v) is 61.8. The quantitative estimate of drug-likeness (QED) is 0.0211. The highest BCUT2D eigenvalue weighted by atomic mass is 16.7. The molecule has 0 aromatic rings. The standard InChI is InChI=1S/C86H143NO8/c1-6-8-10-12-14-16-18-20-22-24-26-28-30-32-34-36-38-40-41-42-43-45-47-49-51-53-55-57-59-61-63-65-67-69-71-73-75-77-84(89)95-82(81-94-86(85(90)91)92-79-78-87(3,4)5)80-93-83(88)76-74-72-70-68-66-64-62-60-58-56-54-52-50-48-46-44-39-37-35-33-31-29-27-25-23-21-19-17-15-13-11-9-7-2/h8,10,14,16,19-22,25-28,32,34,38,40,42-43,47,49,53,55,59,61,65,67,82,86H,6-7,9,11-13,15,17-18,23-24,29-31,33,35-37,39,41,44-46,48,50-52,54,56-58,60,62-64,66,68-81H2,1-5H3/p+1/b10-8-,16-14-,21-19-,22-20-,27-25-,28-26-,34-32-,40-38-,43-42-,49-47-,55-53-,61-59-,67-65-. The molecule has 9 nitrogen and oxygen atoms in total. The van der Waals surface area contributed by atoms with Gasteiger partial charge >= 0.3 is 17.9 Å². The van der Waals surface area contributed by atoms with E-state index in [1.807, 2.05) is 21.1 Å². The SMILES string of the molecule is CC/C=C\C/C=C\C/C=C\C/C=C\C/C=C\C/C=C\C/C=C\C/C=C\C/C=C\C/C=C\C/C=C\CCCCCC(=O)OC(COC(=O)CCCCCCCCCCCCCCCCCCCCCCC/C=C\C/C=C\CCCCCCC)COC(OCC[N+](C)(C)C)C(=O)O. The lowest BCUT2D eigenvalue weighted by Gasteiger charge is -2.25. The van der Waals surface area contributed by atoms with E-state index in [4.69, 9.17) is 18.9 Å². The van der Waals surface area contributed by atoms with Gasteiger partial charge in [0, 0.05) is 12.8 Å². The molecule has 0 heterocycles. The van der Waals surface area contributed by atoms with Crippen molar-refractivity contribution in [3.8, 4) is 0 Å². The number of nitrogens with zero attached hydrogens (tertiary/aromatic N) is 1. The number of allylic oxidation sites excluding steroid dienone is 26. The maximum atomic E-state index is 13.0. The minimum atomic E-state index is -1.53. The molecule has 9 heteroatoms. The number of hydrogen-bond acceptors (Lipinski definition) is 7. The van der Waals surface area contributed by atoms with E-state index in [0.29, 0.717) is 17.4 Å². The Labute approximate surface area is 584 Å². The molecule has 0 aliphatic heterocycles. The van der Waals surface area contributed by atoms with Crippen LogP contribution in [0.25, 0.3) is 0 Å². The fourth-order valence-electron chi connectivity index (χ4n) is 10.4. The van der Waals surface area contributed by atoms with Crippen LogP contribution in [0.15, 0.2) is 158 Å². The molecule has 0 rings (SSSR count). The lowest BCUT2D eigenvalue weighted by atomic mass is 10.0. The minimum absolute atomic E-state index is 0.174. The molecule has 540 valence electrons. The van der Waals surface area contributed by atoms with Gasteiger partial charge in [-0.3, -0.25) is 9.59 Å². The van der Waals surface area contributed by atoms with Crippen molar-refractivity contribution in [1.82, 2.24) is 0 Å². The number of quaternary nitrogens is 1. The highest BCUT2D eigenvalue weighted by Gasteiger charge is 2.25. The van der Waals surface area contributed by atoms with Crippen molar-refractivity contribution < 1.29 is 42.9 Å². The van der Waals surface area contributed by atoms with Gasteiger partial charge < -0.3 is 28.5 Å². The number of ether oxygens (including phenoxy) is 4. The summed E-state index contributed by atoms with van der Waals surface area (Å²) in [7, 11) is 5.96. The number of aliphatic carboxylic acids is 1. The molecule has 0 fully saturated rings. The van der Waals surface area contributed by atoms with E-state index >= 15 is 0 Å². The van der Waals surface area contributed by atoms with Crippen LogP contribution in [-0.2, 0) is 33.3 Å². The third kappa shape index (κ3) is 76.1. The summed E-state index contributed by atoms with van der Waals surface area (Å²) >= 11 is 0. The first-order chi connectivity index (χ1) is 46.6. The van der Waals surface area contributed by atoms with E-state index in [1.54, 1.807) is 0 Å². The van der Waals surface area contributed by atoms with Gasteiger partial charge in [0.25, 0.3) is 6.29 Å². The van der Waals surface area contributed by atoms with Crippen molar-refractivity contribution in [3.05, 3.63) is 158 Å². The van der Waals surface area contributed by atoms with Gasteiger partial charge in [-0.1, -0.05) is 326 Å². The van der Waals surface area contributed by atoms with E-state index < -0.39 is 24.3 Å². The number of hydrogen-bond donors (Lipinski definition) is 1. The monoisotopic (exact) mass is 1320 g/mol. The second-order valence-corrected chi connectivity index (χ2v) is 26.6. The molecular formula is C86H144NO8+. The van der Waals surface area contributed by atoms with Gasteiger partial charge in [0.1, 0.15) is 13.2 Å². The van der Waals surface area contributed by atoms with E-state index in [1.165, 1.54) is 161 Å². The first-order valence-electron chi connectivity index (χ1n) is 38.6. The topological polar surface area (TPSA) is 108 Å². The van der Waals surface area contributed by atoms with E-state index in [2.05, 4.69) is 172 Å². The molecule has 95 heavy (non-hydrogen) atoms. The third-order valence-corrected chi connectivity index (χ3v) is 16.3. The molecule has 2 unspecified atom stereocenters. The highest BCUT2D eigenvalue weighted by Crippen LogP contribution is 2.17. The third-order valence-electron chi connectivity index (χ3n) is 16.3. The molecule has 0 spiro atoms. The molecule has 0 saturated heterocycles. The number of carbonyl (C=O) groups excluding carboxylic acids is 2. The molecule has 0 aromatic heterocycles. The number of rotatable bonds is 70. The molecule has 0 saturated carbocycles. The molecule has 0 aromatic carbocycles. The fourth-order valence-corrected chi connectivity index (χ4v) is 10.4. The maximum Gasteiger partial charge on any atom is 0.361 e. The molecule has 2 atom stereocenters. The van der Waals surface area contributed by atoms with Gasteiger partial charge in [0.05, 0.1) is 34.4 Å². The summed E-state index contributed by atoms with van der Waals surface area (Å²) in [5.74, 6) is -2.05. The second-order valence-electron chi connectivity index (χ2n) is 26.6. The maximum absolute atomic E-state index is 13.0. The zero-order valence-electron chi connectivity index (χ0n) is 61.8. The first kappa shape index (κ1) is 89.9. The van der Waals surface area contributed by atoms with Crippen LogP contribution < -0.4 is 0 Å². The summed E-state index contributed by atoms with van der Waals surface area (Å²) < 4.78 is 23.0. The number of carboxylic acids is 1. The first-order valence-corrected chi connectivity index (χ1v) is 38.6. The van der Waals surface area contributed by atoms with Gasteiger partial charge in [0.2, 0.25) is 0 Å². The van der Waals surface area contributed by atoms with Crippen LogP contribution in [-0.4, -0.2) is 87.4 Å². The Balaban J connectivity index is 4.17. The molecule has 0 aliphatic rings. The lowest BCUT2D eigenvalue weighted by Crippen LogP contribution is -2.40. The summed E-state index contributed by atoms with van der Waals surface area (Å²) in [5, 5.41) is 9.76. The summed E-state index contributed by atoms with van der Waals surface area (Å²) in [6.45, 7) is 4.72. The van der Waals surface area contributed by atoms with E-state index in [0.717, 1.165) is 116 Å². The van der Waals surface area contributed by atoms with Gasteiger partial charge in [-0.25, -0.2) is 4.79 Å². The average molecular weight is 1320 g/mol. The van der Waals surface area contributed by atoms with Crippen LogP contribution in [0, 0.1) is 0 Å². The number of carboxylic acid groups (broad SMARTS) is 1. The smallest absolute Gasteiger partial charge is 0.361 e. The van der Waals surface area contributed by atoms with E-state index in [9.17, 15) is 19.5 Å². The predicted octanol–water partition coefficient (Wildman–Crippen LogP) is 24.8. The van der Waals surface area contributed by atoms with Crippen molar-refractivity contribution in [2.75, 3.05) is 47.5 Å². The van der Waals surface area contributed by atoms with Crippen LogP contribution in [0.1, 0.15) is 309 Å². The van der Waals surface area contributed by atoms with Crippen LogP contribution in [0.2, 0.25) is 0 Å². The Morgan fingerprint density at radius 2 is 0.600 bits per heavy atom. The van der Waals surface area contributed by atoms with Crippen LogP contribution in [0.5, 0.6) is 0 Å². The van der Waals surface area contributed by atoms with Gasteiger partial charge in [0.15, 0.2) is 6.10 Å².